The number of halogens is 3. The quantitative estimate of drug-likeness (QED) is 0.765. The first kappa shape index (κ1) is 14.6. The number of carbonyl (C=O) groups is 1. The topological polar surface area (TPSA) is 29.1 Å². The molecule has 0 aromatic carbocycles. The van der Waals surface area contributed by atoms with E-state index < -0.39 is 0 Å². The van der Waals surface area contributed by atoms with Gasteiger partial charge in [0.05, 0.1) is 9.90 Å². The summed E-state index contributed by atoms with van der Waals surface area (Å²) in [6.45, 7) is 0.713. The van der Waals surface area contributed by atoms with E-state index in [0.717, 1.165) is 6.42 Å². The van der Waals surface area contributed by atoms with Crippen molar-refractivity contribution >= 4 is 56.4 Å². The summed E-state index contributed by atoms with van der Waals surface area (Å²) in [6, 6.07) is 1.62. The fourth-order valence-electron chi connectivity index (χ4n) is 2.24. The average Bonchev–Trinajstić information content (AvgIpc) is 2.66. The summed E-state index contributed by atoms with van der Waals surface area (Å²) in [5.41, 5.74) is 0.484. The largest absolute Gasteiger partial charge is 0.352 e. The summed E-state index contributed by atoms with van der Waals surface area (Å²) < 4.78 is 1.00. The van der Waals surface area contributed by atoms with Crippen molar-refractivity contribution < 1.29 is 4.79 Å². The standard InChI is InChI=1S/C12H14BrCl2NOS/c13-8-3-1-2-7(4-8)6-16-12(17)9-5-10(14)18-11(9)15/h5,7-8H,1-4,6H2,(H,16,17). The molecule has 2 rings (SSSR count). The number of hydrogen-bond donors (Lipinski definition) is 1. The van der Waals surface area contributed by atoms with Gasteiger partial charge in [-0.2, -0.15) is 0 Å². The highest BCUT2D eigenvalue weighted by Crippen LogP contribution is 2.31. The third-order valence-corrected chi connectivity index (χ3v) is 5.49. The van der Waals surface area contributed by atoms with Gasteiger partial charge in [-0.05, 0) is 31.2 Å². The lowest BCUT2D eigenvalue weighted by atomic mass is 9.89. The summed E-state index contributed by atoms with van der Waals surface area (Å²) in [5, 5.41) is 2.95. The molecule has 6 heteroatoms. The maximum absolute atomic E-state index is 11.9. The molecule has 1 aliphatic rings. The molecule has 1 heterocycles. The van der Waals surface area contributed by atoms with Gasteiger partial charge < -0.3 is 5.32 Å². The van der Waals surface area contributed by atoms with E-state index in [1.54, 1.807) is 6.07 Å². The molecule has 1 N–H and O–H groups in total. The highest BCUT2D eigenvalue weighted by Gasteiger charge is 2.21. The second-order valence-electron chi connectivity index (χ2n) is 4.58. The fourth-order valence-corrected chi connectivity index (χ4v) is 4.55. The molecule has 2 atom stereocenters. The molecule has 1 fully saturated rings. The molecule has 1 aliphatic carbocycles. The highest BCUT2D eigenvalue weighted by atomic mass is 79.9. The molecule has 2 unspecified atom stereocenters. The minimum Gasteiger partial charge on any atom is -0.352 e. The molecule has 0 bridgehead atoms. The second-order valence-corrected chi connectivity index (χ2v) is 8.16. The Kier molecular flexibility index (Phi) is 5.36. The lowest BCUT2D eigenvalue weighted by Crippen LogP contribution is -2.31. The van der Waals surface area contributed by atoms with Gasteiger partial charge in [-0.3, -0.25) is 4.79 Å². The molecular formula is C12H14BrCl2NOS. The third kappa shape index (κ3) is 3.86. The summed E-state index contributed by atoms with van der Waals surface area (Å²) >= 11 is 16.6. The van der Waals surface area contributed by atoms with Crippen LogP contribution in [0.2, 0.25) is 8.67 Å². The van der Waals surface area contributed by atoms with E-state index in [-0.39, 0.29) is 5.91 Å². The van der Waals surface area contributed by atoms with E-state index in [0.29, 0.717) is 31.5 Å². The molecule has 0 aliphatic heterocycles. The monoisotopic (exact) mass is 369 g/mol. The Bertz CT molecular complexity index is 438. The van der Waals surface area contributed by atoms with E-state index in [4.69, 9.17) is 23.2 Å². The van der Waals surface area contributed by atoms with Gasteiger partial charge in [-0.15, -0.1) is 11.3 Å². The number of nitrogens with one attached hydrogen (secondary N) is 1. The SMILES string of the molecule is O=C(NCC1CCCC(Br)C1)c1cc(Cl)sc1Cl. The Morgan fingerprint density at radius 3 is 2.89 bits per heavy atom. The van der Waals surface area contributed by atoms with Crippen LogP contribution in [-0.2, 0) is 0 Å². The van der Waals surface area contributed by atoms with Crippen molar-refractivity contribution in [1.82, 2.24) is 5.32 Å². The maximum Gasteiger partial charge on any atom is 0.253 e. The van der Waals surface area contributed by atoms with Gasteiger partial charge in [0.25, 0.3) is 5.91 Å². The molecule has 1 amide bonds. The minimum atomic E-state index is -0.125. The van der Waals surface area contributed by atoms with Gasteiger partial charge >= 0.3 is 0 Å². The first-order valence-electron chi connectivity index (χ1n) is 5.93. The predicted octanol–water partition coefficient (Wildman–Crippen LogP) is 4.74. The zero-order valence-corrected chi connectivity index (χ0v) is 13.6. The molecule has 18 heavy (non-hydrogen) atoms. The zero-order chi connectivity index (χ0) is 13.1. The van der Waals surface area contributed by atoms with E-state index in [9.17, 15) is 4.79 Å². The van der Waals surface area contributed by atoms with Crippen LogP contribution in [0, 0.1) is 5.92 Å². The van der Waals surface area contributed by atoms with Gasteiger partial charge in [-0.1, -0.05) is 45.6 Å². The van der Waals surface area contributed by atoms with Crippen molar-refractivity contribution in [3.05, 3.63) is 20.3 Å². The number of carbonyl (C=O) groups excluding carboxylic acids is 1. The van der Waals surface area contributed by atoms with Crippen molar-refractivity contribution in [2.75, 3.05) is 6.54 Å². The fraction of sp³-hybridized carbons (Fsp3) is 0.583. The Labute approximate surface area is 129 Å². The van der Waals surface area contributed by atoms with Gasteiger partial charge in [-0.25, -0.2) is 0 Å². The molecule has 0 spiro atoms. The predicted molar refractivity (Wildman–Crippen MR) is 81.3 cm³/mol. The number of alkyl halides is 1. The van der Waals surface area contributed by atoms with Crippen molar-refractivity contribution in [3.63, 3.8) is 0 Å². The Morgan fingerprint density at radius 2 is 2.28 bits per heavy atom. The van der Waals surface area contributed by atoms with Crippen LogP contribution in [0.1, 0.15) is 36.0 Å². The summed E-state index contributed by atoms with van der Waals surface area (Å²) in [6.07, 6.45) is 4.76. The normalized spacial score (nSPS) is 23.9. The highest BCUT2D eigenvalue weighted by molar-refractivity contribution is 9.09. The molecule has 1 saturated carbocycles. The first-order chi connectivity index (χ1) is 8.56. The summed E-state index contributed by atoms with van der Waals surface area (Å²) in [7, 11) is 0. The van der Waals surface area contributed by atoms with E-state index in [1.165, 1.54) is 30.6 Å². The van der Waals surface area contributed by atoms with Gasteiger partial charge in [0.2, 0.25) is 0 Å². The van der Waals surface area contributed by atoms with Gasteiger partial charge in [0, 0.05) is 11.4 Å². The summed E-state index contributed by atoms with van der Waals surface area (Å²) in [4.78, 5) is 12.5. The van der Waals surface area contributed by atoms with Crippen molar-refractivity contribution in [2.24, 2.45) is 5.92 Å². The van der Waals surface area contributed by atoms with Crippen molar-refractivity contribution in [3.8, 4) is 0 Å². The Balaban J connectivity index is 1.86. The molecule has 100 valence electrons. The third-order valence-electron chi connectivity index (χ3n) is 3.17. The van der Waals surface area contributed by atoms with Crippen LogP contribution in [0.5, 0.6) is 0 Å². The Hall–Kier alpha value is 0.230. The number of thiophene rings is 1. The number of rotatable bonds is 3. The minimum absolute atomic E-state index is 0.125. The molecular weight excluding hydrogens is 357 g/mol. The van der Waals surface area contributed by atoms with Crippen LogP contribution in [0.4, 0.5) is 0 Å². The number of hydrogen-bond acceptors (Lipinski definition) is 2. The molecule has 0 saturated heterocycles. The molecule has 2 nitrogen and oxygen atoms in total. The zero-order valence-electron chi connectivity index (χ0n) is 9.72. The second kappa shape index (κ2) is 6.60. The van der Waals surface area contributed by atoms with E-state index >= 15 is 0 Å². The Morgan fingerprint density at radius 1 is 1.50 bits per heavy atom. The van der Waals surface area contributed by atoms with Crippen LogP contribution in [0.3, 0.4) is 0 Å². The first-order valence-corrected chi connectivity index (χ1v) is 8.42. The lowest BCUT2D eigenvalue weighted by Gasteiger charge is -2.25. The van der Waals surface area contributed by atoms with Gasteiger partial charge in [0.1, 0.15) is 4.34 Å². The van der Waals surface area contributed by atoms with Crippen LogP contribution >= 0.6 is 50.5 Å². The van der Waals surface area contributed by atoms with Crippen LogP contribution in [0.15, 0.2) is 6.07 Å². The van der Waals surface area contributed by atoms with E-state index in [1.807, 2.05) is 0 Å². The van der Waals surface area contributed by atoms with E-state index in [2.05, 4.69) is 21.2 Å². The molecule has 0 radical (unpaired) electrons. The van der Waals surface area contributed by atoms with Crippen molar-refractivity contribution in [1.29, 1.82) is 0 Å². The van der Waals surface area contributed by atoms with Crippen LogP contribution in [0.25, 0.3) is 0 Å². The lowest BCUT2D eigenvalue weighted by molar-refractivity contribution is 0.0944. The maximum atomic E-state index is 11.9. The average molecular weight is 371 g/mol. The number of amides is 1. The van der Waals surface area contributed by atoms with Crippen molar-refractivity contribution in [2.45, 2.75) is 30.5 Å². The van der Waals surface area contributed by atoms with Crippen LogP contribution < -0.4 is 5.32 Å². The van der Waals surface area contributed by atoms with Crippen LogP contribution in [-0.4, -0.2) is 17.3 Å². The smallest absolute Gasteiger partial charge is 0.253 e. The van der Waals surface area contributed by atoms with Gasteiger partial charge in [0.15, 0.2) is 0 Å². The summed E-state index contributed by atoms with van der Waals surface area (Å²) in [5.74, 6) is 0.430. The molecule has 1 aromatic heterocycles. The molecule has 1 aromatic rings.